The summed E-state index contributed by atoms with van der Waals surface area (Å²) < 4.78 is 16.8. The van der Waals surface area contributed by atoms with Crippen molar-refractivity contribution in [2.75, 3.05) is 13.2 Å². The first-order chi connectivity index (χ1) is 39.5. The van der Waals surface area contributed by atoms with Crippen molar-refractivity contribution in [3.05, 3.63) is 72.9 Å². The fourth-order valence-electron chi connectivity index (χ4n) is 10.3. The lowest BCUT2D eigenvalue weighted by Gasteiger charge is -2.18. The summed E-state index contributed by atoms with van der Waals surface area (Å²) in [5, 5.41) is 0. The second-order valence-electron chi connectivity index (χ2n) is 23.4. The molecule has 0 aromatic rings. The zero-order chi connectivity index (χ0) is 57.8. The zero-order valence-electron chi connectivity index (χ0n) is 53.3. The van der Waals surface area contributed by atoms with Gasteiger partial charge in [-0.2, -0.15) is 0 Å². The van der Waals surface area contributed by atoms with Gasteiger partial charge < -0.3 is 14.2 Å². The van der Waals surface area contributed by atoms with Crippen molar-refractivity contribution in [1.82, 2.24) is 0 Å². The minimum absolute atomic E-state index is 0.0749. The fourth-order valence-corrected chi connectivity index (χ4v) is 10.3. The van der Waals surface area contributed by atoms with Gasteiger partial charge in [-0.3, -0.25) is 14.4 Å². The summed E-state index contributed by atoms with van der Waals surface area (Å²) in [6.45, 7) is 6.51. The third kappa shape index (κ3) is 65.7. The molecule has 0 rings (SSSR count). The molecule has 1 unspecified atom stereocenters. The van der Waals surface area contributed by atoms with Crippen LogP contribution < -0.4 is 0 Å². The van der Waals surface area contributed by atoms with Gasteiger partial charge in [-0.1, -0.05) is 344 Å². The van der Waals surface area contributed by atoms with Gasteiger partial charge in [0.05, 0.1) is 0 Å². The van der Waals surface area contributed by atoms with E-state index >= 15 is 0 Å². The molecule has 0 heterocycles. The topological polar surface area (TPSA) is 78.9 Å². The molecule has 464 valence electrons. The van der Waals surface area contributed by atoms with Crippen LogP contribution in [-0.4, -0.2) is 37.2 Å². The van der Waals surface area contributed by atoms with Crippen LogP contribution in [0, 0.1) is 0 Å². The maximum atomic E-state index is 12.9. The van der Waals surface area contributed by atoms with E-state index in [1.165, 1.54) is 218 Å². The largest absolute Gasteiger partial charge is 0.462 e. The smallest absolute Gasteiger partial charge is 0.306 e. The van der Waals surface area contributed by atoms with Crippen LogP contribution >= 0.6 is 0 Å². The molecule has 0 aliphatic carbocycles. The molecule has 0 aliphatic heterocycles. The average molecular weight is 1120 g/mol. The molecule has 0 saturated carbocycles. The highest BCUT2D eigenvalue weighted by Crippen LogP contribution is 2.18. The summed E-state index contributed by atoms with van der Waals surface area (Å²) in [5.74, 6) is -0.876. The van der Waals surface area contributed by atoms with Crippen LogP contribution in [-0.2, 0) is 28.6 Å². The molecule has 0 amide bonds. The molecule has 1 atom stereocenters. The third-order valence-electron chi connectivity index (χ3n) is 15.5. The summed E-state index contributed by atoms with van der Waals surface area (Å²) in [7, 11) is 0. The lowest BCUT2D eigenvalue weighted by molar-refractivity contribution is -0.167. The summed E-state index contributed by atoms with van der Waals surface area (Å²) in [4.78, 5) is 38.1. The Morgan fingerprint density at radius 1 is 0.263 bits per heavy atom. The van der Waals surface area contributed by atoms with Gasteiger partial charge in [0, 0.05) is 19.3 Å². The number of ether oxygens (including phenoxy) is 3. The number of carbonyl (C=O) groups excluding carboxylic acids is 3. The first-order valence-electron chi connectivity index (χ1n) is 34.9. The van der Waals surface area contributed by atoms with Gasteiger partial charge >= 0.3 is 17.9 Å². The highest BCUT2D eigenvalue weighted by molar-refractivity contribution is 5.71. The van der Waals surface area contributed by atoms with Crippen molar-refractivity contribution >= 4 is 17.9 Å². The fraction of sp³-hybridized carbons (Fsp3) is 0.797. The van der Waals surface area contributed by atoms with Crippen LogP contribution in [0.15, 0.2) is 72.9 Å². The molecular formula is C74H132O6. The van der Waals surface area contributed by atoms with Crippen LogP contribution in [0.5, 0.6) is 0 Å². The van der Waals surface area contributed by atoms with Gasteiger partial charge in [0.1, 0.15) is 13.2 Å². The lowest BCUT2D eigenvalue weighted by atomic mass is 10.0. The Hall–Kier alpha value is -3.15. The van der Waals surface area contributed by atoms with E-state index in [9.17, 15) is 14.4 Å². The van der Waals surface area contributed by atoms with Crippen LogP contribution in [0.2, 0.25) is 0 Å². The third-order valence-corrected chi connectivity index (χ3v) is 15.5. The first kappa shape index (κ1) is 76.9. The molecule has 6 nitrogen and oxygen atoms in total. The Morgan fingerprint density at radius 3 is 0.762 bits per heavy atom. The van der Waals surface area contributed by atoms with E-state index in [1.807, 2.05) is 0 Å². The number of carbonyl (C=O) groups is 3. The molecule has 0 fully saturated rings. The maximum absolute atomic E-state index is 12.9. The van der Waals surface area contributed by atoms with E-state index in [2.05, 4.69) is 93.7 Å². The predicted octanol–water partition coefficient (Wildman–Crippen LogP) is 24.1. The van der Waals surface area contributed by atoms with Gasteiger partial charge in [-0.25, -0.2) is 0 Å². The summed E-state index contributed by atoms with van der Waals surface area (Å²) >= 11 is 0. The van der Waals surface area contributed by atoms with Gasteiger partial charge in [-0.05, 0) is 70.6 Å². The van der Waals surface area contributed by atoms with E-state index in [1.54, 1.807) is 0 Å². The molecule has 80 heavy (non-hydrogen) atoms. The predicted molar refractivity (Wildman–Crippen MR) is 348 cm³/mol. The van der Waals surface area contributed by atoms with Crippen molar-refractivity contribution in [1.29, 1.82) is 0 Å². The number of hydrogen-bond acceptors (Lipinski definition) is 6. The van der Waals surface area contributed by atoms with Crippen molar-refractivity contribution in [2.24, 2.45) is 0 Å². The van der Waals surface area contributed by atoms with Gasteiger partial charge in [0.25, 0.3) is 0 Å². The molecule has 0 spiro atoms. The Balaban J connectivity index is 4.03. The SMILES string of the molecule is CC/C=C\C/C=C\C/C=C\C/C=C\C/C=C\C/C=C\CCCCCCCCCCC(=O)OC(COC(=O)CCCCCCCC)COC(=O)CCCCCCCCCCCCCCCCCCCCCCCCCCCCCCC. The van der Waals surface area contributed by atoms with Gasteiger partial charge in [0.15, 0.2) is 6.10 Å². The number of rotatable bonds is 64. The summed E-state index contributed by atoms with van der Waals surface area (Å²) in [6.07, 6.45) is 89.8. The minimum Gasteiger partial charge on any atom is -0.462 e. The Kier molecular flexibility index (Phi) is 65.7. The van der Waals surface area contributed by atoms with Crippen LogP contribution in [0.1, 0.15) is 361 Å². The van der Waals surface area contributed by atoms with Crippen LogP contribution in [0.4, 0.5) is 0 Å². The van der Waals surface area contributed by atoms with Gasteiger partial charge in [0.2, 0.25) is 0 Å². The number of esters is 3. The zero-order valence-corrected chi connectivity index (χ0v) is 53.3. The standard InChI is InChI=1S/C74H132O6/c1-4-7-10-13-16-18-20-22-24-26-28-30-32-34-36-37-39-40-42-44-46-48-50-52-54-56-58-61-64-67-73(76)79-70-71(69-78-72(75)66-63-60-15-12-9-6-3)80-74(77)68-65-62-59-57-55-53-51-49-47-45-43-41-38-35-33-31-29-27-25-23-21-19-17-14-11-8-5-2/h8,11,17,19,23,25,29,31,35,38,43,45,71H,4-7,9-10,12-16,18,20-22,24,26-28,30,32-34,36-37,39-42,44,46-70H2,1-3H3/b11-8-,19-17-,25-23-,31-29-,38-35-,45-43-. The van der Waals surface area contributed by atoms with Crippen molar-refractivity contribution in [3.8, 4) is 0 Å². The Labute approximate surface area is 497 Å². The quantitative estimate of drug-likeness (QED) is 0.0261. The minimum atomic E-state index is -0.776. The Morgan fingerprint density at radius 2 is 0.487 bits per heavy atom. The van der Waals surface area contributed by atoms with Crippen LogP contribution in [0.3, 0.4) is 0 Å². The molecule has 0 aromatic heterocycles. The van der Waals surface area contributed by atoms with E-state index in [4.69, 9.17) is 14.2 Å². The molecule has 0 N–H and O–H groups in total. The second kappa shape index (κ2) is 68.3. The molecular weight excluding hydrogens is 985 g/mol. The van der Waals surface area contributed by atoms with Crippen molar-refractivity contribution in [3.63, 3.8) is 0 Å². The van der Waals surface area contributed by atoms with Gasteiger partial charge in [-0.15, -0.1) is 0 Å². The summed E-state index contributed by atoms with van der Waals surface area (Å²) in [6, 6.07) is 0. The second-order valence-corrected chi connectivity index (χ2v) is 23.4. The molecule has 0 saturated heterocycles. The number of unbranched alkanes of at least 4 members (excludes halogenated alkanes) is 41. The number of allylic oxidation sites excluding steroid dienone is 12. The van der Waals surface area contributed by atoms with E-state index in [0.717, 1.165) is 103 Å². The molecule has 0 radical (unpaired) electrons. The number of hydrogen-bond donors (Lipinski definition) is 0. The van der Waals surface area contributed by atoms with Crippen molar-refractivity contribution in [2.45, 2.75) is 367 Å². The van der Waals surface area contributed by atoms with E-state index in [-0.39, 0.29) is 31.1 Å². The van der Waals surface area contributed by atoms with Crippen molar-refractivity contribution < 1.29 is 28.6 Å². The molecule has 0 bridgehead atoms. The van der Waals surface area contributed by atoms with Crippen LogP contribution in [0.25, 0.3) is 0 Å². The Bertz CT molecular complexity index is 1470. The lowest BCUT2D eigenvalue weighted by Crippen LogP contribution is -2.30. The highest BCUT2D eigenvalue weighted by Gasteiger charge is 2.19. The maximum Gasteiger partial charge on any atom is 0.306 e. The normalized spacial score (nSPS) is 12.5. The summed E-state index contributed by atoms with van der Waals surface area (Å²) in [5.41, 5.74) is 0. The van der Waals surface area contributed by atoms with E-state index < -0.39 is 6.10 Å². The molecule has 6 heteroatoms. The van der Waals surface area contributed by atoms with E-state index in [0.29, 0.717) is 19.3 Å². The average Bonchev–Trinajstić information content (AvgIpc) is 3.46. The molecule has 0 aliphatic rings. The first-order valence-corrected chi connectivity index (χ1v) is 34.9. The monoisotopic (exact) mass is 1120 g/mol. The molecule has 0 aromatic carbocycles. The highest BCUT2D eigenvalue weighted by atomic mass is 16.6.